The van der Waals surface area contributed by atoms with E-state index >= 15 is 0 Å². The average molecular weight is 190 g/mol. The van der Waals surface area contributed by atoms with E-state index in [1.54, 1.807) is 0 Å². The molecule has 0 aliphatic rings. The Bertz CT molecular complexity index is 369. The van der Waals surface area contributed by atoms with Gasteiger partial charge in [0.25, 0.3) is 6.43 Å². The molecule has 0 saturated heterocycles. The van der Waals surface area contributed by atoms with Gasteiger partial charge in [0.1, 0.15) is 11.9 Å². The van der Waals surface area contributed by atoms with Crippen LogP contribution in [0.4, 0.5) is 17.6 Å². The quantitative estimate of drug-likeness (QED) is 0.502. The van der Waals surface area contributed by atoms with E-state index in [-0.39, 0.29) is 6.07 Å². The molecule has 68 valence electrons. The minimum Gasteiger partial charge on any atom is -0.208 e. The first-order valence-corrected chi connectivity index (χ1v) is 3.10. The monoisotopic (exact) mass is 190 g/mol. The smallest absolute Gasteiger partial charge is 0.208 e. The molecule has 0 aliphatic carbocycles. The van der Waals surface area contributed by atoms with Crippen LogP contribution in [-0.4, -0.2) is 4.98 Å². The Morgan fingerprint density at radius 3 is 2.46 bits per heavy atom. The van der Waals surface area contributed by atoms with Crippen LogP contribution in [0.25, 0.3) is 0 Å². The van der Waals surface area contributed by atoms with E-state index in [9.17, 15) is 17.6 Å². The Morgan fingerprint density at radius 1 is 1.38 bits per heavy atom. The fourth-order valence-corrected chi connectivity index (χ4v) is 0.788. The molecule has 0 fully saturated rings. The highest BCUT2D eigenvalue weighted by atomic mass is 19.3. The molecule has 0 unspecified atom stereocenters. The zero-order valence-corrected chi connectivity index (χ0v) is 6.06. The molecule has 0 spiro atoms. The van der Waals surface area contributed by atoms with Gasteiger partial charge in [0.15, 0.2) is 5.69 Å². The average Bonchev–Trinajstić information content (AvgIpc) is 2.01. The molecule has 6 heteroatoms. The third-order valence-corrected chi connectivity index (χ3v) is 1.30. The molecule has 0 N–H and O–H groups in total. The van der Waals surface area contributed by atoms with Gasteiger partial charge < -0.3 is 0 Å². The van der Waals surface area contributed by atoms with Crippen LogP contribution >= 0.6 is 0 Å². The minimum absolute atomic E-state index is 0.211. The number of halogens is 4. The topological polar surface area (TPSA) is 36.7 Å². The SMILES string of the molecule is N#Cc1nc(F)cc(F)c1C(F)F. The molecular formula is C7H2F4N2. The van der Waals surface area contributed by atoms with Gasteiger partial charge in [-0.3, -0.25) is 0 Å². The van der Waals surface area contributed by atoms with Crippen LogP contribution in [0.15, 0.2) is 6.07 Å². The summed E-state index contributed by atoms with van der Waals surface area (Å²) in [4.78, 5) is 2.83. The lowest BCUT2D eigenvalue weighted by atomic mass is 10.2. The molecular weight excluding hydrogens is 188 g/mol. The van der Waals surface area contributed by atoms with Crippen LogP contribution < -0.4 is 0 Å². The molecule has 13 heavy (non-hydrogen) atoms. The largest absolute Gasteiger partial charge is 0.269 e. The summed E-state index contributed by atoms with van der Waals surface area (Å²) in [6, 6.07) is 1.40. The predicted molar refractivity (Wildman–Crippen MR) is 33.8 cm³/mol. The van der Waals surface area contributed by atoms with Crippen molar-refractivity contribution in [1.29, 1.82) is 5.26 Å². The lowest BCUT2D eigenvalue weighted by molar-refractivity contribution is 0.145. The summed E-state index contributed by atoms with van der Waals surface area (Å²) in [5.74, 6) is -2.75. The highest BCUT2D eigenvalue weighted by molar-refractivity contribution is 5.32. The fourth-order valence-electron chi connectivity index (χ4n) is 0.788. The predicted octanol–water partition coefficient (Wildman–Crippen LogP) is 2.17. The van der Waals surface area contributed by atoms with E-state index in [0.717, 1.165) is 0 Å². The molecule has 0 aliphatic heterocycles. The van der Waals surface area contributed by atoms with E-state index in [2.05, 4.69) is 4.98 Å². The van der Waals surface area contributed by atoms with Crippen molar-refractivity contribution in [3.63, 3.8) is 0 Å². The number of rotatable bonds is 1. The molecule has 0 radical (unpaired) electrons. The van der Waals surface area contributed by atoms with Gasteiger partial charge in [-0.1, -0.05) is 0 Å². The molecule has 2 nitrogen and oxygen atoms in total. The van der Waals surface area contributed by atoms with Gasteiger partial charge in [-0.05, 0) is 0 Å². The molecule has 0 amide bonds. The number of aromatic nitrogens is 1. The summed E-state index contributed by atoms with van der Waals surface area (Å²) >= 11 is 0. The summed E-state index contributed by atoms with van der Waals surface area (Å²) < 4.78 is 49.1. The van der Waals surface area contributed by atoms with Crippen molar-refractivity contribution < 1.29 is 17.6 Å². The Hall–Kier alpha value is -1.64. The van der Waals surface area contributed by atoms with Crippen molar-refractivity contribution in [3.8, 4) is 6.07 Å². The van der Waals surface area contributed by atoms with Crippen molar-refractivity contribution in [2.45, 2.75) is 6.43 Å². The Kier molecular flexibility index (Phi) is 2.46. The standard InChI is InChI=1S/C7H2F4N2/c8-3-1-5(9)13-4(2-12)6(3)7(10)11/h1,7H. The number of hydrogen-bond acceptors (Lipinski definition) is 2. The van der Waals surface area contributed by atoms with Crippen molar-refractivity contribution in [1.82, 2.24) is 4.98 Å². The van der Waals surface area contributed by atoms with Crippen molar-refractivity contribution in [2.75, 3.05) is 0 Å². The van der Waals surface area contributed by atoms with E-state index in [1.165, 1.54) is 6.07 Å². The Labute approximate surface area is 70.4 Å². The molecule has 1 aromatic heterocycles. The van der Waals surface area contributed by atoms with Crippen LogP contribution in [0.5, 0.6) is 0 Å². The molecule has 1 rings (SSSR count). The Balaban J connectivity index is 3.41. The summed E-state index contributed by atoms with van der Waals surface area (Å²) in [6.45, 7) is 0. The minimum atomic E-state index is -3.18. The maximum atomic E-state index is 12.6. The molecule has 0 bridgehead atoms. The van der Waals surface area contributed by atoms with Crippen LogP contribution in [0.2, 0.25) is 0 Å². The maximum absolute atomic E-state index is 12.6. The van der Waals surface area contributed by atoms with Crippen LogP contribution in [0.3, 0.4) is 0 Å². The highest BCUT2D eigenvalue weighted by Gasteiger charge is 2.20. The first-order chi connectivity index (χ1) is 6.06. The molecule has 0 aromatic carbocycles. The normalized spacial score (nSPS) is 10.2. The van der Waals surface area contributed by atoms with Crippen molar-refractivity contribution >= 4 is 0 Å². The number of hydrogen-bond donors (Lipinski definition) is 0. The zero-order valence-electron chi connectivity index (χ0n) is 6.06. The highest BCUT2D eigenvalue weighted by Crippen LogP contribution is 2.24. The number of pyridine rings is 1. The summed E-state index contributed by atoms with van der Waals surface area (Å²) in [5.41, 5.74) is -2.09. The van der Waals surface area contributed by atoms with Crippen molar-refractivity contribution in [3.05, 3.63) is 29.1 Å². The van der Waals surface area contributed by atoms with Gasteiger partial charge in [-0.25, -0.2) is 18.2 Å². The van der Waals surface area contributed by atoms with Crippen molar-refractivity contribution in [2.24, 2.45) is 0 Å². The van der Waals surface area contributed by atoms with E-state index in [4.69, 9.17) is 5.26 Å². The molecule has 1 aromatic rings. The molecule has 0 saturated carbocycles. The van der Waals surface area contributed by atoms with Gasteiger partial charge >= 0.3 is 0 Å². The maximum Gasteiger partial charge on any atom is 0.269 e. The zero-order chi connectivity index (χ0) is 10.0. The third-order valence-electron chi connectivity index (χ3n) is 1.30. The van der Waals surface area contributed by atoms with E-state index < -0.39 is 29.4 Å². The van der Waals surface area contributed by atoms with E-state index in [1.807, 2.05) is 0 Å². The van der Waals surface area contributed by atoms with Crippen LogP contribution in [0, 0.1) is 23.1 Å². The first kappa shape index (κ1) is 9.45. The number of alkyl halides is 2. The lowest BCUT2D eigenvalue weighted by Gasteiger charge is -2.02. The summed E-state index contributed by atoms with van der Waals surface area (Å²) in [7, 11) is 0. The summed E-state index contributed by atoms with van der Waals surface area (Å²) in [5, 5.41) is 8.24. The second-order valence-electron chi connectivity index (χ2n) is 2.10. The first-order valence-electron chi connectivity index (χ1n) is 3.10. The van der Waals surface area contributed by atoms with Gasteiger partial charge in [-0.15, -0.1) is 0 Å². The van der Waals surface area contributed by atoms with Gasteiger partial charge in [0.2, 0.25) is 5.95 Å². The van der Waals surface area contributed by atoms with E-state index in [0.29, 0.717) is 0 Å². The van der Waals surface area contributed by atoms with Gasteiger partial charge in [-0.2, -0.15) is 9.65 Å². The summed E-state index contributed by atoms with van der Waals surface area (Å²) in [6.07, 6.45) is -3.18. The lowest BCUT2D eigenvalue weighted by Crippen LogP contribution is -2.01. The molecule has 0 atom stereocenters. The second kappa shape index (κ2) is 3.39. The van der Waals surface area contributed by atoms with Gasteiger partial charge in [0, 0.05) is 6.07 Å². The number of nitrogens with zero attached hydrogens (tertiary/aromatic N) is 2. The number of nitriles is 1. The Morgan fingerprint density at radius 2 is 2.00 bits per heavy atom. The fraction of sp³-hybridized carbons (Fsp3) is 0.143. The van der Waals surface area contributed by atoms with Crippen LogP contribution in [-0.2, 0) is 0 Å². The van der Waals surface area contributed by atoms with Gasteiger partial charge in [0.05, 0.1) is 5.56 Å². The van der Waals surface area contributed by atoms with Crippen LogP contribution in [0.1, 0.15) is 17.7 Å². The second-order valence-corrected chi connectivity index (χ2v) is 2.10. The third kappa shape index (κ3) is 1.75. The molecule has 1 heterocycles.